The summed E-state index contributed by atoms with van der Waals surface area (Å²) in [5.74, 6) is 6.96. The summed E-state index contributed by atoms with van der Waals surface area (Å²) in [6.07, 6.45) is 7.66. The van der Waals surface area contributed by atoms with Crippen molar-refractivity contribution in [2.75, 3.05) is 20.2 Å². The van der Waals surface area contributed by atoms with E-state index in [1.54, 1.807) is 7.11 Å². The van der Waals surface area contributed by atoms with E-state index in [1.165, 1.54) is 57.2 Å². The molecule has 0 bridgehead atoms. The first kappa shape index (κ1) is 14.8. The van der Waals surface area contributed by atoms with Gasteiger partial charge in [0.25, 0.3) is 0 Å². The van der Waals surface area contributed by atoms with Crippen LogP contribution in [0.1, 0.15) is 50.1 Å². The smallest absolute Gasteiger partial charge is 0.123 e. The molecule has 3 N–H and O–H groups in total. The van der Waals surface area contributed by atoms with Crippen molar-refractivity contribution in [3.8, 4) is 5.75 Å². The summed E-state index contributed by atoms with van der Waals surface area (Å²) in [6, 6.07) is 8.42. The minimum Gasteiger partial charge on any atom is -0.496 e. The molecule has 0 aromatic heterocycles. The summed E-state index contributed by atoms with van der Waals surface area (Å²) in [5, 5.41) is 0. The number of nitrogens with zero attached hydrogens (tertiary/aromatic N) is 1. The van der Waals surface area contributed by atoms with Crippen LogP contribution in [0.3, 0.4) is 0 Å². The van der Waals surface area contributed by atoms with Crippen LogP contribution in [0.2, 0.25) is 0 Å². The molecule has 116 valence electrons. The Kier molecular flexibility index (Phi) is 4.48. The minimum atomic E-state index is 0.134. The first-order valence-corrected chi connectivity index (χ1v) is 8.16. The van der Waals surface area contributed by atoms with E-state index in [4.69, 9.17) is 10.6 Å². The highest BCUT2D eigenvalue weighted by molar-refractivity contribution is 5.38. The molecule has 0 spiro atoms. The maximum atomic E-state index is 6.03. The lowest BCUT2D eigenvalue weighted by molar-refractivity contribution is 0.0753. The van der Waals surface area contributed by atoms with E-state index in [9.17, 15) is 0 Å². The third-order valence-electron chi connectivity index (χ3n) is 5.36. The Bertz CT molecular complexity index is 465. The Morgan fingerprint density at radius 1 is 1.14 bits per heavy atom. The molecule has 1 aromatic carbocycles. The van der Waals surface area contributed by atoms with Gasteiger partial charge in [0.2, 0.25) is 0 Å². The second kappa shape index (κ2) is 6.34. The number of benzene rings is 1. The quantitative estimate of drug-likeness (QED) is 0.646. The Hall–Kier alpha value is -1.10. The number of nitrogens with two attached hydrogens (primary N) is 1. The van der Waals surface area contributed by atoms with Crippen LogP contribution in [0.5, 0.6) is 5.75 Å². The van der Waals surface area contributed by atoms with Gasteiger partial charge in [-0.3, -0.25) is 16.2 Å². The average Bonchev–Trinajstić information content (AvgIpc) is 3.20. The van der Waals surface area contributed by atoms with Crippen LogP contribution in [-0.2, 0) is 0 Å². The molecule has 2 aliphatic rings. The van der Waals surface area contributed by atoms with Crippen LogP contribution in [-0.4, -0.2) is 30.6 Å². The van der Waals surface area contributed by atoms with Crippen molar-refractivity contribution in [2.24, 2.45) is 5.84 Å². The van der Waals surface area contributed by atoms with Crippen LogP contribution in [0.25, 0.3) is 0 Å². The third-order valence-corrected chi connectivity index (χ3v) is 5.36. The maximum absolute atomic E-state index is 6.03. The van der Waals surface area contributed by atoms with E-state index < -0.39 is 0 Å². The monoisotopic (exact) mass is 289 g/mol. The standard InChI is InChI=1S/C17H27N3O/c1-21-15-9-3-2-8-14(15)16(19-18)17(10-4-5-11-17)20-12-6-7-13-20/h2-3,8-9,16,19H,4-7,10-13,18H2,1H3. The van der Waals surface area contributed by atoms with Gasteiger partial charge in [-0.25, -0.2) is 0 Å². The Balaban J connectivity index is 1.99. The number of likely N-dealkylation sites (tertiary alicyclic amines) is 1. The molecule has 1 aliphatic carbocycles. The average molecular weight is 289 g/mol. The lowest BCUT2D eigenvalue weighted by atomic mass is 9.82. The van der Waals surface area contributed by atoms with Gasteiger partial charge in [-0.05, 0) is 44.8 Å². The van der Waals surface area contributed by atoms with Gasteiger partial charge >= 0.3 is 0 Å². The molecule has 1 saturated carbocycles. The molecule has 1 aromatic rings. The molecule has 3 rings (SSSR count). The first-order chi connectivity index (χ1) is 10.3. The highest BCUT2D eigenvalue weighted by Gasteiger charge is 2.47. The fraction of sp³-hybridized carbons (Fsp3) is 0.647. The van der Waals surface area contributed by atoms with Gasteiger partial charge < -0.3 is 4.74 Å². The van der Waals surface area contributed by atoms with Gasteiger partial charge in [-0.1, -0.05) is 31.0 Å². The summed E-state index contributed by atoms with van der Waals surface area (Å²) in [6.45, 7) is 2.40. The van der Waals surface area contributed by atoms with Crippen LogP contribution in [0.15, 0.2) is 24.3 Å². The topological polar surface area (TPSA) is 50.5 Å². The van der Waals surface area contributed by atoms with E-state index >= 15 is 0 Å². The molecule has 21 heavy (non-hydrogen) atoms. The molecule has 0 radical (unpaired) electrons. The molecule has 1 atom stereocenters. The van der Waals surface area contributed by atoms with Crippen molar-refractivity contribution < 1.29 is 4.74 Å². The molecular weight excluding hydrogens is 262 g/mol. The van der Waals surface area contributed by atoms with Gasteiger partial charge in [0.05, 0.1) is 13.2 Å². The minimum absolute atomic E-state index is 0.134. The number of para-hydroxylation sites is 1. The number of hydrazine groups is 1. The third kappa shape index (κ3) is 2.56. The summed E-state index contributed by atoms with van der Waals surface area (Å²) >= 11 is 0. The van der Waals surface area contributed by atoms with E-state index in [1.807, 2.05) is 12.1 Å². The van der Waals surface area contributed by atoms with Crippen molar-refractivity contribution in [1.29, 1.82) is 0 Å². The molecule has 1 aliphatic heterocycles. The molecule has 4 heteroatoms. The van der Waals surface area contributed by atoms with E-state index in [-0.39, 0.29) is 11.6 Å². The predicted octanol–water partition coefficient (Wildman–Crippen LogP) is 2.61. The van der Waals surface area contributed by atoms with Crippen LogP contribution < -0.4 is 16.0 Å². The molecule has 2 fully saturated rings. The van der Waals surface area contributed by atoms with E-state index in [2.05, 4.69) is 22.5 Å². The zero-order chi connectivity index (χ0) is 14.7. The number of hydrogen-bond donors (Lipinski definition) is 2. The van der Waals surface area contributed by atoms with Crippen molar-refractivity contribution in [2.45, 2.75) is 50.1 Å². The fourth-order valence-corrected chi connectivity index (χ4v) is 4.38. The summed E-state index contributed by atoms with van der Waals surface area (Å²) in [7, 11) is 1.74. The summed E-state index contributed by atoms with van der Waals surface area (Å²) in [5.41, 5.74) is 4.47. The molecular formula is C17H27N3O. The zero-order valence-electron chi connectivity index (χ0n) is 13.0. The fourth-order valence-electron chi connectivity index (χ4n) is 4.38. The number of hydrogen-bond acceptors (Lipinski definition) is 4. The molecule has 4 nitrogen and oxygen atoms in total. The Morgan fingerprint density at radius 2 is 1.81 bits per heavy atom. The normalized spacial score (nSPS) is 23.3. The number of methoxy groups -OCH3 is 1. The summed E-state index contributed by atoms with van der Waals surface area (Å²) in [4.78, 5) is 2.68. The predicted molar refractivity (Wildman–Crippen MR) is 85.1 cm³/mol. The van der Waals surface area contributed by atoms with Crippen LogP contribution in [0, 0.1) is 0 Å². The molecule has 1 unspecified atom stereocenters. The van der Waals surface area contributed by atoms with Crippen molar-refractivity contribution in [1.82, 2.24) is 10.3 Å². The van der Waals surface area contributed by atoms with Crippen LogP contribution in [0.4, 0.5) is 0 Å². The lowest BCUT2D eigenvalue weighted by Gasteiger charge is -2.45. The van der Waals surface area contributed by atoms with Crippen LogP contribution >= 0.6 is 0 Å². The van der Waals surface area contributed by atoms with Gasteiger partial charge in [-0.15, -0.1) is 0 Å². The van der Waals surface area contributed by atoms with Gasteiger partial charge in [-0.2, -0.15) is 0 Å². The lowest BCUT2D eigenvalue weighted by Crippen LogP contribution is -2.55. The zero-order valence-corrected chi connectivity index (χ0v) is 13.0. The van der Waals surface area contributed by atoms with Crippen molar-refractivity contribution in [3.05, 3.63) is 29.8 Å². The largest absolute Gasteiger partial charge is 0.496 e. The maximum Gasteiger partial charge on any atom is 0.123 e. The van der Waals surface area contributed by atoms with Gasteiger partial charge in [0.15, 0.2) is 0 Å². The van der Waals surface area contributed by atoms with Gasteiger partial charge in [0.1, 0.15) is 5.75 Å². The molecule has 1 saturated heterocycles. The second-order valence-corrected chi connectivity index (χ2v) is 6.35. The number of nitrogens with one attached hydrogen (secondary N) is 1. The highest BCUT2D eigenvalue weighted by atomic mass is 16.5. The van der Waals surface area contributed by atoms with Gasteiger partial charge in [0, 0.05) is 11.1 Å². The van der Waals surface area contributed by atoms with Crippen molar-refractivity contribution >= 4 is 0 Å². The SMILES string of the molecule is COc1ccccc1C(NN)C1(N2CCCC2)CCCC1. The van der Waals surface area contributed by atoms with E-state index in [0.717, 1.165) is 5.75 Å². The summed E-state index contributed by atoms with van der Waals surface area (Å²) < 4.78 is 5.58. The molecule has 1 heterocycles. The van der Waals surface area contributed by atoms with Crippen molar-refractivity contribution in [3.63, 3.8) is 0 Å². The Morgan fingerprint density at radius 3 is 2.43 bits per heavy atom. The number of ether oxygens (including phenoxy) is 1. The van der Waals surface area contributed by atoms with E-state index in [0.29, 0.717) is 0 Å². The molecule has 0 amide bonds. The number of rotatable bonds is 5. The first-order valence-electron chi connectivity index (χ1n) is 8.16. The second-order valence-electron chi connectivity index (χ2n) is 6.35. The highest BCUT2D eigenvalue weighted by Crippen LogP contribution is 2.47. The Labute approximate surface area is 127 Å².